The molecule has 206 valence electrons. The molecule has 5 rings (SSSR count). The molecular formula is C28H33FN6O4. The Hall–Kier alpha value is -3.83. The minimum absolute atomic E-state index is 0.0596. The van der Waals surface area contributed by atoms with E-state index in [1.165, 1.54) is 12.1 Å². The summed E-state index contributed by atoms with van der Waals surface area (Å²) in [4.78, 5) is 18.5. The summed E-state index contributed by atoms with van der Waals surface area (Å²) < 4.78 is 32.0. The lowest BCUT2D eigenvalue weighted by Gasteiger charge is -2.32. The third-order valence-corrected chi connectivity index (χ3v) is 7.19. The van der Waals surface area contributed by atoms with Gasteiger partial charge in [0, 0.05) is 36.7 Å². The number of nitrogens with zero attached hydrogens (tertiary/aromatic N) is 5. The number of rotatable bonds is 11. The number of ether oxygens (including phenoxy) is 3. The SMILES string of the molecule is CCC(c1nnnn1Cc1ccc(F)cc1)N(Cc1cc2cc(OC)c(OC)cc2[nH]c1=O)CC1CCCO1. The number of H-pyrrole nitrogens is 1. The van der Waals surface area contributed by atoms with E-state index < -0.39 is 0 Å². The average Bonchev–Trinajstić information content (AvgIpc) is 3.62. The highest BCUT2D eigenvalue weighted by molar-refractivity contribution is 5.83. The Morgan fingerprint density at radius 2 is 1.95 bits per heavy atom. The van der Waals surface area contributed by atoms with Gasteiger partial charge in [-0.2, -0.15) is 0 Å². The van der Waals surface area contributed by atoms with Crippen LogP contribution in [0.3, 0.4) is 0 Å². The van der Waals surface area contributed by atoms with E-state index in [1.54, 1.807) is 37.1 Å². The summed E-state index contributed by atoms with van der Waals surface area (Å²) in [5.41, 5.74) is 2.00. The van der Waals surface area contributed by atoms with Crippen molar-refractivity contribution >= 4 is 10.9 Å². The summed E-state index contributed by atoms with van der Waals surface area (Å²) >= 11 is 0. The summed E-state index contributed by atoms with van der Waals surface area (Å²) in [6.07, 6.45) is 2.74. The molecule has 0 bridgehead atoms. The van der Waals surface area contributed by atoms with E-state index in [0.717, 1.165) is 30.4 Å². The average molecular weight is 537 g/mol. The molecule has 4 aromatic rings. The monoisotopic (exact) mass is 536 g/mol. The molecule has 0 spiro atoms. The fraction of sp³-hybridized carbons (Fsp3) is 0.429. The molecule has 1 saturated heterocycles. The van der Waals surface area contributed by atoms with Crippen LogP contribution in [0, 0.1) is 5.82 Å². The van der Waals surface area contributed by atoms with Crippen LogP contribution in [0.4, 0.5) is 4.39 Å². The zero-order valence-corrected chi connectivity index (χ0v) is 22.4. The van der Waals surface area contributed by atoms with Gasteiger partial charge in [0.2, 0.25) is 0 Å². The Labute approximate surface area is 225 Å². The predicted molar refractivity (Wildman–Crippen MR) is 143 cm³/mol. The molecule has 1 fully saturated rings. The highest BCUT2D eigenvalue weighted by Gasteiger charge is 2.29. The lowest BCUT2D eigenvalue weighted by atomic mass is 10.1. The van der Waals surface area contributed by atoms with Crippen molar-refractivity contribution in [3.8, 4) is 11.5 Å². The van der Waals surface area contributed by atoms with E-state index in [1.807, 2.05) is 12.1 Å². The number of methoxy groups -OCH3 is 2. The summed E-state index contributed by atoms with van der Waals surface area (Å²) in [5, 5.41) is 13.4. The summed E-state index contributed by atoms with van der Waals surface area (Å²) in [6.45, 7) is 4.22. The number of benzene rings is 2. The number of aromatic amines is 1. The van der Waals surface area contributed by atoms with Crippen LogP contribution in [0.1, 0.15) is 49.2 Å². The predicted octanol–water partition coefficient (Wildman–Crippen LogP) is 3.85. The first-order valence-electron chi connectivity index (χ1n) is 13.1. The fourth-order valence-electron chi connectivity index (χ4n) is 5.20. The normalized spacial score (nSPS) is 16.2. The number of tetrazole rings is 1. The lowest BCUT2D eigenvalue weighted by molar-refractivity contribution is 0.0489. The van der Waals surface area contributed by atoms with Gasteiger partial charge in [0.05, 0.1) is 38.4 Å². The molecule has 2 aromatic heterocycles. The molecule has 2 unspecified atom stereocenters. The first-order valence-corrected chi connectivity index (χ1v) is 13.1. The van der Waals surface area contributed by atoms with Crippen molar-refractivity contribution in [1.29, 1.82) is 0 Å². The zero-order chi connectivity index (χ0) is 27.4. The van der Waals surface area contributed by atoms with E-state index >= 15 is 0 Å². The first-order chi connectivity index (χ1) is 19.0. The second-order valence-corrected chi connectivity index (χ2v) is 9.73. The molecule has 1 aliphatic rings. The van der Waals surface area contributed by atoms with Crippen LogP contribution >= 0.6 is 0 Å². The molecule has 0 saturated carbocycles. The van der Waals surface area contributed by atoms with Gasteiger partial charge in [0.15, 0.2) is 17.3 Å². The molecular weight excluding hydrogens is 503 g/mol. The van der Waals surface area contributed by atoms with Gasteiger partial charge in [0.25, 0.3) is 5.56 Å². The molecule has 0 radical (unpaired) electrons. The van der Waals surface area contributed by atoms with E-state index in [2.05, 4.69) is 32.3 Å². The van der Waals surface area contributed by atoms with Crippen LogP contribution in [-0.2, 0) is 17.8 Å². The minimum Gasteiger partial charge on any atom is -0.493 e. The van der Waals surface area contributed by atoms with Crippen molar-refractivity contribution in [3.63, 3.8) is 0 Å². The van der Waals surface area contributed by atoms with Gasteiger partial charge in [-0.25, -0.2) is 9.07 Å². The molecule has 3 heterocycles. The summed E-state index contributed by atoms with van der Waals surface area (Å²) in [7, 11) is 3.15. The Morgan fingerprint density at radius 3 is 2.64 bits per heavy atom. The third kappa shape index (κ3) is 5.94. The van der Waals surface area contributed by atoms with Gasteiger partial charge < -0.3 is 19.2 Å². The quantitative estimate of drug-likeness (QED) is 0.308. The maximum Gasteiger partial charge on any atom is 0.252 e. The number of fused-ring (bicyclic) bond motifs is 1. The lowest BCUT2D eigenvalue weighted by Crippen LogP contribution is -2.37. The largest absolute Gasteiger partial charge is 0.493 e. The van der Waals surface area contributed by atoms with Gasteiger partial charge in [0.1, 0.15) is 5.82 Å². The van der Waals surface area contributed by atoms with E-state index in [-0.39, 0.29) is 23.5 Å². The van der Waals surface area contributed by atoms with Gasteiger partial charge in [-0.3, -0.25) is 9.69 Å². The van der Waals surface area contributed by atoms with Crippen LogP contribution in [0.25, 0.3) is 10.9 Å². The fourth-order valence-corrected chi connectivity index (χ4v) is 5.20. The third-order valence-electron chi connectivity index (χ3n) is 7.19. The van der Waals surface area contributed by atoms with Crippen LogP contribution < -0.4 is 15.0 Å². The van der Waals surface area contributed by atoms with Crippen molar-refractivity contribution in [2.45, 2.75) is 51.4 Å². The number of nitrogens with one attached hydrogen (secondary N) is 1. The summed E-state index contributed by atoms with van der Waals surface area (Å²) in [5.74, 6) is 1.53. The Bertz CT molecular complexity index is 1470. The van der Waals surface area contributed by atoms with Gasteiger partial charge in [-0.15, -0.1) is 5.10 Å². The van der Waals surface area contributed by atoms with Gasteiger partial charge >= 0.3 is 0 Å². The number of aromatic nitrogens is 5. The number of pyridine rings is 1. The molecule has 1 aliphatic heterocycles. The number of hydrogen-bond donors (Lipinski definition) is 1. The van der Waals surface area contributed by atoms with Gasteiger partial charge in [-0.1, -0.05) is 19.1 Å². The second-order valence-electron chi connectivity index (χ2n) is 9.73. The molecule has 10 nitrogen and oxygen atoms in total. The van der Waals surface area contributed by atoms with E-state index in [0.29, 0.717) is 54.5 Å². The van der Waals surface area contributed by atoms with Crippen LogP contribution in [0.2, 0.25) is 0 Å². The van der Waals surface area contributed by atoms with Crippen molar-refractivity contribution < 1.29 is 18.6 Å². The topological polar surface area (TPSA) is 107 Å². The molecule has 0 amide bonds. The zero-order valence-electron chi connectivity index (χ0n) is 22.4. The highest BCUT2D eigenvalue weighted by Crippen LogP contribution is 2.32. The van der Waals surface area contributed by atoms with Crippen LogP contribution in [0.15, 0.2) is 47.3 Å². The van der Waals surface area contributed by atoms with E-state index in [9.17, 15) is 9.18 Å². The molecule has 2 atom stereocenters. The first kappa shape index (κ1) is 26.8. The number of hydrogen-bond acceptors (Lipinski definition) is 8. The van der Waals surface area contributed by atoms with E-state index in [4.69, 9.17) is 14.2 Å². The van der Waals surface area contributed by atoms with Crippen LogP contribution in [-0.4, -0.2) is 63.6 Å². The van der Waals surface area contributed by atoms with Crippen LogP contribution in [0.5, 0.6) is 11.5 Å². The molecule has 0 aliphatic carbocycles. The van der Waals surface area contributed by atoms with Crippen molar-refractivity contribution in [1.82, 2.24) is 30.1 Å². The Kier molecular flexibility index (Phi) is 8.18. The highest BCUT2D eigenvalue weighted by atomic mass is 19.1. The minimum atomic E-state index is -0.290. The Morgan fingerprint density at radius 1 is 1.18 bits per heavy atom. The summed E-state index contributed by atoms with van der Waals surface area (Å²) in [6, 6.07) is 11.7. The number of halogens is 1. The molecule has 39 heavy (non-hydrogen) atoms. The molecule has 11 heteroatoms. The molecule has 1 N–H and O–H groups in total. The van der Waals surface area contributed by atoms with Crippen molar-refractivity contribution in [3.05, 3.63) is 75.6 Å². The second kappa shape index (κ2) is 11.9. The Balaban J connectivity index is 1.48. The standard InChI is InChI=1S/C28H33FN6O4/c1-4-24(27-31-32-33-35(27)15-18-7-9-21(29)10-8-18)34(17-22-6-5-11-39-22)16-20-12-19-13-25(37-2)26(38-3)14-23(19)30-28(20)36/h7-10,12-14,22,24H,4-6,11,15-17H2,1-3H3,(H,30,36). The van der Waals surface area contributed by atoms with Crippen molar-refractivity contribution in [2.75, 3.05) is 27.4 Å². The van der Waals surface area contributed by atoms with Gasteiger partial charge in [-0.05, 0) is 59.5 Å². The maximum absolute atomic E-state index is 13.4. The maximum atomic E-state index is 13.4. The smallest absolute Gasteiger partial charge is 0.252 e. The molecule has 2 aromatic carbocycles. The van der Waals surface area contributed by atoms with Crippen molar-refractivity contribution in [2.24, 2.45) is 0 Å².